The molecule has 0 amide bonds. The van der Waals surface area contributed by atoms with Crippen molar-refractivity contribution in [3.05, 3.63) is 59.7 Å². The Labute approximate surface area is 154 Å². The van der Waals surface area contributed by atoms with Gasteiger partial charge in [-0.2, -0.15) is 5.10 Å². The molecule has 0 saturated heterocycles. The average molecular weight is 350 g/mol. The number of rotatable bonds is 6. The first-order valence-corrected chi connectivity index (χ1v) is 8.95. The van der Waals surface area contributed by atoms with Crippen LogP contribution in [-0.2, 0) is 13.1 Å². The molecule has 0 bridgehead atoms. The number of nitrogens with zero attached hydrogens (tertiary/aromatic N) is 4. The zero-order valence-corrected chi connectivity index (χ0v) is 15.7. The summed E-state index contributed by atoms with van der Waals surface area (Å²) >= 11 is 0. The SMILES string of the molecule is CN=C(NCCCn1nc(C)cc1C)NCc1nccc2ccccc12. The summed E-state index contributed by atoms with van der Waals surface area (Å²) in [6.07, 6.45) is 2.83. The Morgan fingerprint density at radius 3 is 2.77 bits per heavy atom. The molecule has 0 radical (unpaired) electrons. The van der Waals surface area contributed by atoms with Gasteiger partial charge in [0.05, 0.1) is 17.9 Å². The van der Waals surface area contributed by atoms with Gasteiger partial charge in [-0.3, -0.25) is 14.7 Å². The van der Waals surface area contributed by atoms with Gasteiger partial charge in [-0.1, -0.05) is 24.3 Å². The molecular formula is C20H26N6. The van der Waals surface area contributed by atoms with E-state index in [1.807, 2.05) is 36.0 Å². The van der Waals surface area contributed by atoms with Crippen molar-refractivity contribution in [2.75, 3.05) is 13.6 Å². The fraction of sp³-hybridized carbons (Fsp3) is 0.350. The fourth-order valence-corrected chi connectivity index (χ4v) is 3.05. The Hall–Kier alpha value is -2.89. The second-order valence-corrected chi connectivity index (χ2v) is 6.34. The minimum atomic E-state index is 0.637. The van der Waals surface area contributed by atoms with Crippen LogP contribution in [0, 0.1) is 13.8 Å². The van der Waals surface area contributed by atoms with Gasteiger partial charge in [-0.05, 0) is 37.8 Å². The number of benzene rings is 1. The van der Waals surface area contributed by atoms with E-state index in [9.17, 15) is 0 Å². The van der Waals surface area contributed by atoms with E-state index in [0.717, 1.165) is 36.9 Å². The molecule has 0 spiro atoms. The van der Waals surface area contributed by atoms with Crippen LogP contribution in [0.1, 0.15) is 23.5 Å². The topological polar surface area (TPSA) is 67.1 Å². The summed E-state index contributed by atoms with van der Waals surface area (Å²) in [6, 6.07) is 12.4. The van der Waals surface area contributed by atoms with Crippen molar-refractivity contribution >= 4 is 16.7 Å². The zero-order chi connectivity index (χ0) is 18.4. The van der Waals surface area contributed by atoms with Gasteiger partial charge >= 0.3 is 0 Å². The number of aliphatic imine (C=N–C) groups is 1. The first kappa shape index (κ1) is 17.9. The fourth-order valence-electron chi connectivity index (χ4n) is 3.05. The molecule has 0 saturated carbocycles. The van der Waals surface area contributed by atoms with Gasteiger partial charge in [-0.25, -0.2) is 0 Å². The third-order valence-electron chi connectivity index (χ3n) is 4.35. The normalized spacial score (nSPS) is 11.7. The van der Waals surface area contributed by atoms with E-state index in [1.54, 1.807) is 7.05 Å². The lowest BCUT2D eigenvalue weighted by atomic mass is 10.1. The van der Waals surface area contributed by atoms with Crippen LogP contribution >= 0.6 is 0 Å². The molecular weight excluding hydrogens is 324 g/mol. The maximum Gasteiger partial charge on any atom is 0.191 e. The average Bonchev–Trinajstić information content (AvgIpc) is 2.98. The number of pyridine rings is 1. The summed E-state index contributed by atoms with van der Waals surface area (Å²) < 4.78 is 2.05. The van der Waals surface area contributed by atoms with Crippen LogP contribution < -0.4 is 10.6 Å². The van der Waals surface area contributed by atoms with Gasteiger partial charge in [0.15, 0.2) is 5.96 Å². The predicted octanol–water partition coefficient (Wildman–Crippen LogP) is 2.80. The molecule has 0 aliphatic carbocycles. The van der Waals surface area contributed by atoms with Crippen molar-refractivity contribution in [1.29, 1.82) is 0 Å². The molecule has 3 rings (SSSR count). The van der Waals surface area contributed by atoms with Crippen LogP contribution in [0.4, 0.5) is 0 Å². The Bertz CT molecular complexity index is 891. The van der Waals surface area contributed by atoms with Gasteiger partial charge in [0.2, 0.25) is 0 Å². The molecule has 2 aromatic heterocycles. The third kappa shape index (κ3) is 4.39. The summed E-state index contributed by atoms with van der Waals surface area (Å²) in [7, 11) is 1.78. The minimum absolute atomic E-state index is 0.637. The predicted molar refractivity (Wildman–Crippen MR) is 106 cm³/mol. The monoisotopic (exact) mass is 350 g/mol. The summed E-state index contributed by atoms with van der Waals surface area (Å²) in [5.74, 6) is 0.785. The lowest BCUT2D eigenvalue weighted by molar-refractivity contribution is 0.555. The van der Waals surface area contributed by atoms with E-state index in [1.165, 1.54) is 16.5 Å². The molecule has 6 nitrogen and oxygen atoms in total. The number of aromatic nitrogens is 3. The number of fused-ring (bicyclic) bond motifs is 1. The second kappa shape index (κ2) is 8.47. The lowest BCUT2D eigenvalue weighted by Crippen LogP contribution is -2.37. The highest BCUT2D eigenvalue weighted by Crippen LogP contribution is 2.15. The molecule has 2 N–H and O–H groups in total. The molecule has 6 heteroatoms. The van der Waals surface area contributed by atoms with Gasteiger partial charge in [-0.15, -0.1) is 0 Å². The molecule has 1 aromatic carbocycles. The number of nitrogens with one attached hydrogen (secondary N) is 2. The van der Waals surface area contributed by atoms with Crippen LogP contribution in [-0.4, -0.2) is 34.3 Å². The molecule has 0 fully saturated rings. The zero-order valence-electron chi connectivity index (χ0n) is 15.7. The standard InChI is InChI=1S/C20H26N6/c1-15-13-16(2)26(25-15)12-6-10-23-20(21-3)24-14-19-18-8-5-4-7-17(18)9-11-22-19/h4-5,7-9,11,13H,6,10,12,14H2,1-3H3,(H2,21,23,24). The van der Waals surface area contributed by atoms with E-state index < -0.39 is 0 Å². The lowest BCUT2D eigenvalue weighted by Gasteiger charge is -2.13. The van der Waals surface area contributed by atoms with Crippen molar-refractivity contribution < 1.29 is 0 Å². The molecule has 0 unspecified atom stereocenters. The molecule has 0 aliphatic heterocycles. The van der Waals surface area contributed by atoms with E-state index >= 15 is 0 Å². The van der Waals surface area contributed by atoms with Crippen molar-refractivity contribution in [3.8, 4) is 0 Å². The van der Waals surface area contributed by atoms with Crippen LogP contribution in [0.3, 0.4) is 0 Å². The number of hydrogen-bond acceptors (Lipinski definition) is 3. The molecule has 136 valence electrons. The first-order valence-electron chi connectivity index (χ1n) is 8.95. The summed E-state index contributed by atoms with van der Waals surface area (Å²) in [5, 5.41) is 13.6. The quantitative estimate of drug-likeness (QED) is 0.408. The van der Waals surface area contributed by atoms with Crippen LogP contribution in [0.5, 0.6) is 0 Å². The highest BCUT2D eigenvalue weighted by Gasteiger charge is 2.04. The van der Waals surface area contributed by atoms with Crippen LogP contribution in [0.2, 0.25) is 0 Å². The van der Waals surface area contributed by atoms with Gasteiger partial charge in [0.1, 0.15) is 0 Å². The maximum atomic E-state index is 4.50. The van der Waals surface area contributed by atoms with E-state index in [4.69, 9.17) is 0 Å². The molecule has 26 heavy (non-hydrogen) atoms. The van der Waals surface area contributed by atoms with Crippen molar-refractivity contribution in [2.24, 2.45) is 4.99 Å². The highest BCUT2D eigenvalue weighted by molar-refractivity contribution is 5.85. The van der Waals surface area contributed by atoms with E-state index in [0.29, 0.717) is 6.54 Å². The summed E-state index contributed by atoms with van der Waals surface area (Å²) in [4.78, 5) is 8.80. The molecule has 0 aliphatic rings. The third-order valence-corrected chi connectivity index (χ3v) is 4.35. The van der Waals surface area contributed by atoms with Gasteiger partial charge in [0, 0.05) is 37.4 Å². The second-order valence-electron chi connectivity index (χ2n) is 6.34. The summed E-state index contributed by atoms with van der Waals surface area (Å²) in [6.45, 7) is 6.48. The van der Waals surface area contributed by atoms with Gasteiger partial charge < -0.3 is 10.6 Å². The highest BCUT2D eigenvalue weighted by atomic mass is 15.3. The maximum absolute atomic E-state index is 4.50. The van der Waals surface area contributed by atoms with Crippen molar-refractivity contribution in [2.45, 2.75) is 33.4 Å². The first-order chi connectivity index (χ1) is 12.7. The molecule has 2 heterocycles. The molecule has 0 atom stereocenters. The van der Waals surface area contributed by atoms with E-state index in [-0.39, 0.29) is 0 Å². The van der Waals surface area contributed by atoms with Crippen LogP contribution in [0.15, 0.2) is 47.6 Å². The minimum Gasteiger partial charge on any atom is -0.356 e. The number of aryl methyl sites for hydroxylation is 3. The molecule has 3 aromatic rings. The van der Waals surface area contributed by atoms with Crippen molar-refractivity contribution in [1.82, 2.24) is 25.4 Å². The van der Waals surface area contributed by atoms with Gasteiger partial charge in [0.25, 0.3) is 0 Å². The Morgan fingerprint density at radius 2 is 2.00 bits per heavy atom. The largest absolute Gasteiger partial charge is 0.356 e. The van der Waals surface area contributed by atoms with Crippen molar-refractivity contribution in [3.63, 3.8) is 0 Å². The Morgan fingerprint density at radius 1 is 1.15 bits per heavy atom. The van der Waals surface area contributed by atoms with E-state index in [2.05, 4.69) is 50.8 Å². The number of hydrogen-bond donors (Lipinski definition) is 2. The Kier molecular flexibility index (Phi) is 5.84. The summed E-state index contributed by atoms with van der Waals surface area (Å²) in [5.41, 5.74) is 3.29. The smallest absolute Gasteiger partial charge is 0.191 e. The Balaban J connectivity index is 1.49. The van der Waals surface area contributed by atoms with Crippen LogP contribution in [0.25, 0.3) is 10.8 Å². The number of guanidine groups is 1.